The summed E-state index contributed by atoms with van der Waals surface area (Å²) in [6.07, 6.45) is 8.24. The van der Waals surface area contributed by atoms with Gasteiger partial charge in [0, 0.05) is 37.2 Å². The molecule has 2 N–H and O–H groups in total. The molecule has 140 valence electrons. The highest BCUT2D eigenvalue weighted by molar-refractivity contribution is 5.43. The molecule has 0 bridgehead atoms. The van der Waals surface area contributed by atoms with Gasteiger partial charge in [-0.2, -0.15) is 0 Å². The SMILES string of the molecule is COc1ccc(CN[C@H]2CCCC[C@@H]2CO)cc1OCc1cccnc1. The quantitative estimate of drug-likeness (QED) is 0.760. The summed E-state index contributed by atoms with van der Waals surface area (Å²) in [6, 6.07) is 10.3. The lowest BCUT2D eigenvalue weighted by molar-refractivity contribution is 0.152. The van der Waals surface area contributed by atoms with E-state index >= 15 is 0 Å². The van der Waals surface area contributed by atoms with E-state index in [0.29, 0.717) is 18.6 Å². The molecule has 1 saturated carbocycles. The molecule has 3 rings (SSSR count). The van der Waals surface area contributed by atoms with Crippen LogP contribution in [0.1, 0.15) is 36.8 Å². The van der Waals surface area contributed by atoms with Crippen LogP contribution in [0.25, 0.3) is 0 Å². The van der Waals surface area contributed by atoms with Crippen LogP contribution in [-0.4, -0.2) is 29.8 Å². The minimum Gasteiger partial charge on any atom is -0.493 e. The number of rotatable bonds is 8. The largest absolute Gasteiger partial charge is 0.493 e. The summed E-state index contributed by atoms with van der Waals surface area (Å²) in [5.41, 5.74) is 2.17. The fourth-order valence-corrected chi connectivity index (χ4v) is 3.53. The summed E-state index contributed by atoms with van der Waals surface area (Å²) in [7, 11) is 1.65. The van der Waals surface area contributed by atoms with Crippen LogP contribution in [0.15, 0.2) is 42.7 Å². The number of pyridine rings is 1. The fourth-order valence-electron chi connectivity index (χ4n) is 3.53. The van der Waals surface area contributed by atoms with Crippen molar-refractivity contribution in [3.05, 3.63) is 53.9 Å². The third-order valence-electron chi connectivity index (χ3n) is 5.06. The van der Waals surface area contributed by atoms with Crippen molar-refractivity contribution < 1.29 is 14.6 Å². The molecule has 0 saturated heterocycles. The number of nitrogens with zero attached hydrogens (tertiary/aromatic N) is 1. The molecule has 2 aromatic rings. The number of methoxy groups -OCH3 is 1. The molecule has 0 radical (unpaired) electrons. The minimum atomic E-state index is 0.264. The lowest BCUT2D eigenvalue weighted by atomic mass is 9.85. The number of benzene rings is 1. The van der Waals surface area contributed by atoms with Crippen molar-refractivity contribution in [3.8, 4) is 11.5 Å². The van der Waals surface area contributed by atoms with Gasteiger partial charge in [-0.25, -0.2) is 0 Å². The molecular weight excluding hydrogens is 328 g/mol. The Bertz CT molecular complexity index is 678. The van der Waals surface area contributed by atoms with Gasteiger partial charge >= 0.3 is 0 Å². The smallest absolute Gasteiger partial charge is 0.161 e. The summed E-state index contributed by atoms with van der Waals surface area (Å²) in [5, 5.41) is 13.2. The Morgan fingerprint density at radius 2 is 2.04 bits per heavy atom. The molecule has 1 aliphatic rings. The highest BCUT2D eigenvalue weighted by Crippen LogP contribution is 2.29. The average molecular weight is 356 g/mol. The van der Waals surface area contributed by atoms with Gasteiger partial charge in [-0.15, -0.1) is 0 Å². The van der Waals surface area contributed by atoms with Crippen LogP contribution in [-0.2, 0) is 13.2 Å². The molecular formula is C21H28N2O3. The van der Waals surface area contributed by atoms with Gasteiger partial charge in [0.25, 0.3) is 0 Å². The standard InChI is InChI=1S/C21H28N2O3/c1-25-20-9-8-16(13-23-19-7-3-2-6-18(19)14-24)11-21(20)26-15-17-5-4-10-22-12-17/h4-5,8-12,18-19,23-24H,2-3,6-7,13-15H2,1H3/t18-,19+/m1/s1. The summed E-state index contributed by atoms with van der Waals surface area (Å²) in [5.74, 6) is 1.82. The van der Waals surface area contributed by atoms with E-state index in [1.807, 2.05) is 24.3 Å². The van der Waals surface area contributed by atoms with E-state index in [2.05, 4.69) is 16.4 Å². The van der Waals surface area contributed by atoms with Crippen molar-refractivity contribution in [1.82, 2.24) is 10.3 Å². The van der Waals surface area contributed by atoms with Crippen LogP contribution in [0, 0.1) is 5.92 Å². The molecule has 0 aliphatic heterocycles. The third kappa shape index (κ3) is 4.96. The van der Waals surface area contributed by atoms with Crippen molar-refractivity contribution in [1.29, 1.82) is 0 Å². The molecule has 1 aromatic carbocycles. The fraction of sp³-hybridized carbons (Fsp3) is 0.476. The van der Waals surface area contributed by atoms with Crippen LogP contribution in [0.2, 0.25) is 0 Å². The average Bonchev–Trinajstić information content (AvgIpc) is 2.71. The van der Waals surface area contributed by atoms with Crippen molar-refractivity contribution in [2.24, 2.45) is 5.92 Å². The van der Waals surface area contributed by atoms with Gasteiger partial charge in [-0.3, -0.25) is 4.98 Å². The second-order valence-electron chi connectivity index (χ2n) is 6.85. The van der Waals surface area contributed by atoms with E-state index in [4.69, 9.17) is 9.47 Å². The van der Waals surface area contributed by atoms with Gasteiger partial charge in [0.1, 0.15) is 6.61 Å². The highest BCUT2D eigenvalue weighted by atomic mass is 16.5. The zero-order valence-corrected chi connectivity index (χ0v) is 15.4. The first-order valence-electron chi connectivity index (χ1n) is 9.33. The first-order valence-corrected chi connectivity index (χ1v) is 9.33. The maximum Gasteiger partial charge on any atom is 0.161 e. The molecule has 1 fully saturated rings. The Balaban J connectivity index is 1.62. The number of hydrogen-bond acceptors (Lipinski definition) is 5. The van der Waals surface area contributed by atoms with Gasteiger partial charge in [-0.05, 0) is 42.5 Å². The molecule has 1 heterocycles. The summed E-state index contributed by atoms with van der Waals surface area (Å²) < 4.78 is 11.4. The molecule has 0 unspecified atom stereocenters. The second kappa shape index (κ2) is 9.55. The van der Waals surface area contributed by atoms with E-state index in [0.717, 1.165) is 42.0 Å². The molecule has 2 atom stereocenters. The van der Waals surface area contributed by atoms with Gasteiger partial charge in [0.05, 0.1) is 7.11 Å². The van der Waals surface area contributed by atoms with Crippen LogP contribution >= 0.6 is 0 Å². The third-order valence-corrected chi connectivity index (χ3v) is 5.06. The van der Waals surface area contributed by atoms with Gasteiger partial charge in [0.15, 0.2) is 11.5 Å². The maximum absolute atomic E-state index is 9.57. The summed E-state index contributed by atoms with van der Waals surface area (Å²) >= 11 is 0. The lowest BCUT2D eigenvalue weighted by Gasteiger charge is -2.31. The Morgan fingerprint density at radius 1 is 1.15 bits per heavy atom. The van der Waals surface area contributed by atoms with Gasteiger partial charge in [-0.1, -0.05) is 25.0 Å². The molecule has 0 spiro atoms. The lowest BCUT2D eigenvalue weighted by Crippen LogP contribution is -2.39. The van der Waals surface area contributed by atoms with E-state index < -0.39 is 0 Å². The molecule has 0 amide bonds. The van der Waals surface area contributed by atoms with E-state index in [-0.39, 0.29) is 6.61 Å². The van der Waals surface area contributed by atoms with E-state index in [9.17, 15) is 5.11 Å². The van der Waals surface area contributed by atoms with Crippen molar-refractivity contribution in [3.63, 3.8) is 0 Å². The number of nitrogens with one attached hydrogen (secondary N) is 1. The molecule has 5 heteroatoms. The Kier molecular flexibility index (Phi) is 6.86. The normalized spacial score (nSPS) is 19.9. The van der Waals surface area contributed by atoms with E-state index in [1.165, 1.54) is 12.8 Å². The predicted octanol–water partition coefficient (Wildman–Crippen LogP) is 3.31. The van der Waals surface area contributed by atoms with Crippen molar-refractivity contribution >= 4 is 0 Å². The van der Waals surface area contributed by atoms with Crippen LogP contribution in [0.5, 0.6) is 11.5 Å². The number of hydrogen-bond donors (Lipinski definition) is 2. The zero-order valence-electron chi connectivity index (χ0n) is 15.4. The summed E-state index contributed by atoms with van der Waals surface area (Å²) in [4.78, 5) is 4.11. The first kappa shape index (κ1) is 18.7. The maximum atomic E-state index is 9.57. The summed E-state index contributed by atoms with van der Waals surface area (Å²) in [6.45, 7) is 1.48. The predicted molar refractivity (Wildman–Crippen MR) is 101 cm³/mol. The molecule has 1 aliphatic carbocycles. The van der Waals surface area contributed by atoms with Crippen LogP contribution in [0.3, 0.4) is 0 Å². The monoisotopic (exact) mass is 356 g/mol. The van der Waals surface area contributed by atoms with E-state index in [1.54, 1.807) is 19.5 Å². The van der Waals surface area contributed by atoms with Crippen LogP contribution in [0.4, 0.5) is 0 Å². The Morgan fingerprint density at radius 3 is 2.81 bits per heavy atom. The number of aliphatic hydroxyl groups excluding tert-OH is 1. The number of aliphatic hydroxyl groups is 1. The minimum absolute atomic E-state index is 0.264. The second-order valence-corrected chi connectivity index (χ2v) is 6.85. The van der Waals surface area contributed by atoms with Gasteiger partial charge < -0.3 is 19.9 Å². The Labute approximate surface area is 155 Å². The zero-order chi connectivity index (χ0) is 18.2. The van der Waals surface area contributed by atoms with Crippen molar-refractivity contribution in [2.75, 3.05) is 13.7 Å². The number of ether oxygens (including phenoxy) is 2. The Hall–Kier alpha value is -2.11. The number of aromatic nitrogens is 1. The first-order chi connectivity index (χ1) is 12.8. The molecule has 5 nitrogen and oxygen atoms in total. The highest BCUT2D eigenvalue weighted by Gasteiger charge is 2.23. The topological polar surface area (TPSA) is 63.6 Å². The molecule has 26 heavy (non-hydrogen) atoms. The van der Waals surface area contributed by atoms with Crippen molar-refractivity contribution in [2.45, 2.75) is 44.9 Å². The molecule has 1 aromatic heterocycles. The van der Waals surface area contributed by atoms with Gasteiger partial charge in [0.2, 0.25) is 0 Å². The van der Waals surface area contributed by atoms with Crippen LogP contribution < -0.4 is 14.8 Å².